The summed E-state index contributed by atoms with van der Waals surface area (Å²) in [7, 11) is 0. The Labute approximate surface area is 199 Å². The number of likely N-dealkylation sites (tertiary alicyclic amines) is 1. The smallest absolute Gasteiger partial charge is 0.410 e. The lowest BCUT2D eigenvalue weighted by Gasteiger charge is -2.45. The number of nitrogens with zero attached hydrogens (tertiary/aromatic N) is 4. The average Bonchev–Trinajstić information content (AvgIpc) is 3.24. The summed E-state index contributed by atoms with van der Waals surface area (Å²) < 4.78 is 7.56. The van der Waals surface area contributed by atoms with Gasteiger partial charge in [0.25, 0.3) is 0 Å². The van der Waals surface area contributed by atoms with Gasteiger partial charge >= 0.3 is 6.09 Å². The van der Waals surface area contributed by atoms with Crippen LogP contribution < -0.4 is 0 Å². The molecule has 7 nitrogen and oxygen atoms in total. The van der Waals surface area contributed by atoms with Crippen LogP contribution in [0, 0.1) is 5.41 Å². The first-order valence-corrected chi connectivity index (χ1v) is 11.5. The zero-order valence-electron chi connectivity index (χ0n) is 19.7. The number of benzene rings is 1. The first kappa shape index (κ1) is 22.1. The van der Waals surface area contributed by atoms with E-state index in [1.54, 1.807) is 23.2 Å². The number of fused-ring (bicyclic) bond motifs is 2. The minimum absolute atomic E-state index is 0.0780. The van der Waals surface area contributed by atoms with Gasteiger partial charge in [0.05, 0.1) is 23.0 Å². The maximum Gasteiger partial charge on any atom is 0.410 e. The lowest BCUT2D eigenvalue weighted by molar-refractivity contribution is 0.0138. The Kier molecular flexibility index (Phi) is 5.35. The molecule has 34 heavy (non-hydrogen) atoms. The third kappa shape index (κ3) is 3.91. The Bertz CT molecular complexity index is 1260. The Morgan fingerprint density at radius 3 is 2.53 bits per heavy atom. The van der Waals surface area contributed by atoms with Gasteiger partial charge in [0.1, 0.15) is 11.3 Å². The van der Waals surface area contributed by atoms with Gasteiger partial charge in [-0.1, -0.05) is 29.8 Å². The normalized spacial score (nSPS) is 19.6. The maximum atomic E-state index is 14.0. The Balaban J connectivity index is 1.57. The maximum absolute atomic E-state index is 14.0. The number of pyridine rings is 1. The van der Waals surface area contributed by atoms with Crippen molar-refractivity contribution < 1.29 is 14.3 Å². The highest BCUT2D eigenvalue weighted by Crippen LogP contribution is 2.46. The van der Waals surface area contributed by atoms with Crippen molar-refractivity contribution in [2.45, 2.75) is 39.2 Å². The summed E-state index contributed by atoms with van der Waals surface area (Å²) in [5.74, 6) is -0.0780. The lowest BCUT2D eigenvalue weighted by Crippen LogP contribution is -2.54. The molecule has 0 radical (unpaired) electrons. The highest BCUT2D eigenvalue weighted by molar-refractivity contribution is 6.03. The Morgan fingerprint density at radius 1 is 1.06 bits per heavy atom. The molecule has 1 amide bonds. The Hall–Kier alpha value is -3.74. The van der Waals surface area contributed by atoms with Crippen molar-refractivity contribution in [3.63, 3.8) is 0 Å². The van der Waals surface area contributed by atoms with E-state index in [4.69, 9.17) is 4.74 Å². The van der Waals surface area contributed by atoms with Crippen molar-refractivity contribution in [1.82, 2.24) is 19.7 Å². The second-order valence-electron chi connectivity index (χ2n) is 9.93. The fourth-order valence-electron chi connectivity index (χ4n) is 4.85. The number of para-hydroxylation sites is 1. The number of hydrogen-bond donors (Lipinski definition) is 0. The van der Waals surface area contributed by atoms with E-state index < -0.39 is 17.1 Å². The van der Waals surface area contributed by atoms with Gasteiger partial charge in [-0.05, 0) is 69.5 Å². The van der Waals surface area contributed by atoms with Crippen molar-refractivity contribution in [2.75, 3.05) is 13.1 Å². The van der Waals surface area contributed by atoms with Crippen molar-refractivity contribution in [3.05, 3.63) is 83.4 Å². The quantitative estimate of drug-likeness (QED) is 0.533. The summed E-state index contributed by atoms with van der Waals surface area (Å²) in [6.45, 7) is 6.28. The number of amides is 1. The molecule has 3 aromatic rings. The molecule has 0 bridgehead atoms. The van der Waals surface area contributed by atoms with Crippen LogP contribution in [0.4, 0.5) is 4.79 Å². The molecule has 7 heteroatoms. The molecule has 1 saturated heterocycles. The van der Waals surface area contributed by atoms with E-state index >= 15 is 0 Å². The zero-order chi connectivity index (χ0) is 23.9. The summed E-state index contributed by atoms with van der Waals surface area (Å²) in [4.78, 5) is 33.0. The summed E-state index contributed by atoms with van der Waals surface area (Å²) in [6, 6.07) is 15.3. The molecule has 1 aliphatic heterocycles. The predicted molar refractivity (Wildman–Crippen MR) is 129 cm³/mol. The number of rotatable bonds is 3. The van der Waals surface area contributed by atoms with Gasteiger partial charge in [0, 0.05) is 19.3 Å². The molecule has 5 rings (SSSR count). The van der Waals surface area contributed by atoms with Crippen LogP contribution in [-0.4, -0.2) is 50.2 Å². The number of ketones is 1. The highest BCUT2D eigenvalue weighted by atomic mass is 16.6. The molecule has 0 spiro atoms. The fourth-order valence-corrected chi connectivity index (χ4v) is 4.85. The summed E-state index contributed by atoms with van der Waals surface area (Å²) in [5, 5.41) is 4.63. The monoisotopic (exact) mass is 456 g/mol. The minimum Gasteiger partial charge on any atom is -0.444 e. The molecule has 0 saturated carbocycles. The largest absolute Gasteiger partial charge is 0.444 e. The van der Waals surface area contributed by atoms with Gasteiger partial charge in [-0.25, -0.2) is 9.48 Å². The standard InChI is InChI=1S/C27H28N4O3/c1-26(2,3)34-25(33)30-14-12-20-15-23-19(17-29-31(23)21-9-5-4-6-10-21)16-27(20,18-30)24(32)22-11-7-8-13-28-22/h4-11,13,15,17H,12,14,16,18H2,1-3H3/t27-/m0/s1. The predicted octanol–water partition coefficient (Wildman–Crippen LogP) is 4.72. The summed E-state index contributed by atoms with van der Waals surface area (Å²) in [6.07, 6.45) is 6.18. The van der Waals surface area contributed by atoms with Gasteiger partial charge in [-0.3, -0.25) is 9.78 Å². The van der Waals surface area contributed by atoms with Gasteiger partial charge in [0.15, 0.2) is 5.78 Å². The van der Waals surface area contributed by atoms with E-state index in [-0.39, 0.29) is 12.3 Å². The zero-order valence-corrected chi connectivity index (χ0v) is 19.7. The molecule has 0 unspecified atom stereocenters. The molecule has 1 aliphatic carbocycles. The molecule has 1 atom stereocenters. The van der Waals surface area contributed by atoms with Crippen LogP contribution in [0.5, 0.6) is 0 Å². The van der Waals surface area contributed by atoms with E-state index in [1.165, 1.54) is 0 Å². The van der Waals surface area contributed by atoms with Gasteiger partial charge in [-0.15, -0.1) is 0 Å². The van der Waals surface area contributed by atoms with Gasteiger partial charge in [-0.2, -0.15) is 5.10 Å². The molecule has 1 fully saturated rings. The van der Waals surface area contributed by atoms with Crippen LogP contribution in [0.3, 0.4) is 0 Å². The van der Waals surface area contributed by atoms with Gasteiger partial charge in [0.2, 0.25) is 0 Å². The SMILES string of the molecule is CC(C)(C)OC(=O)N1CCC2=Cc3c(cnn3-c3ccccc3)C[C@]2(C(=O)c2ccccn2)C1. The van der Waals surface area contributed by atoms with E-state index in [0.29, 0.717) is 25.1 Å². The number of ether oxygens (including phenoxy) is 1. The van der Waals surface area contributed by atoms with Crippen LogP contribution in [0.2, 0.25) is 0 Å². The van der Waals surface area contributed by atoms with E-state index in [2.05, 4.69) is 16.2 Å². The summed E-state index contributed by atoms with van der Waals surface area (Å²) >= 11 is 0. The number of piperidine rings is 1. The van der Waals surface area contributed by atoms with Crippen LogP contribution >= 0.6 is 0 Å². The van der Waals surface area contributed by atoms with Gasteiger partial charge < -0.3 is 9.64 Å². The molecule has 2 aromatic heterocycles. The topological polar surface area (TPSA) is 77.3 Å². The Morgan fingerprint density at radius 2 is 1.82 bits per heavy atom. The van der Waals surface area contributed by atoms with Crippen LogP contribution in [0.1, 0.15) is 48.9 Å². The van der Waals surface area contributed by atoms with E-state index in [9.17, 15) is 9.59 Å². The third-order valence-corrected chi connectivity index (χ3v) is 6.40. The minimum atomic E-state index is -0.902. The van der Waals surface area contributed by atoms with E-state index in [1.807, 2.05) is 68.0 Å². The summed E-state index contributed by atoms with van der Waals surface area (Å²) in [5.41, 5.74) is 2.82. The lowest BCUT2D eigenvalue weighted by atomic mass is 9.65. The molecular weight excluding hydrogens is 428 g/mol. The number of carbonyl (C=O) groups is 2. The van der Waals surface area contributed by atoms with Crippen LogP contribution in [0.15, 0.2) is 66.5 Å². The second-order valence-corrected chi connectivity index (χ2v) is 9.93. The number of hydrogen-bond acceptors (Lipinski definition) is 5. The third-order valence-electron chi connectivity index (χ3n) is 6.40. The number of carbonyl (C=O) groups excluding carboxylic acids is 2. The fraction of sp³-hybridized carbons (Fsp3) is 0.333. The number of Topliss-reactive ketones (excluding diaryl/α,β-unsaturated/α-hetero) is 1. The van der Waals surface area contributed by atoms with Crippen molar-refractivity contribution >= 4 is 18.0 Å². The molecule has 2 aliphatic rings. The van der Waals surface area contributed by atoms with E-state index in [0.717, 1.165) is 22.5 Å². The average molecular weight is 457 g/mol. The first-order chi connectivity index (χ1) is 16.3. The first-order valence-electron chi connectivity index (χ1n) is 11.5. The van der Waals surface area contributed by atoms with Crippen LogP contribution in [-0.2, 0) is 11.2 Å². The van der Waals surface area contributed by atoms with Crippen molar-refractivity contribution in [1.29, 1.82) is 0 Å². The number of aromatic nitrogens is 3. The van der Waals surface area contributed by atoms with Crippen molar-refractivity contribution in [2.24, 2.45) is 5.41 Å². The van der Waals surface area contributed by atoms with Crippen LogP contribution in [0.25, 0.3) is 11.8 Å². The molecule has 0 N–H and O–H groups in total. The molecule has 3 heterocycles. The molecular formula is C27H28N4O3. The van der Waals surface area contributed by atoms with Crippen molar-refractivity contribution in [3.8, 4) is 5.69 Å². The molecule has 174 valence electrons. The molecule has 1 aromatic carbocycles. The second kappa shape index (κ2) is 8.24. The highest BCUT2D eigenvalue weighted by Gasteiger charge is 2.50.